The number of amides is 2. The number of hydrogen-bond acceptors (Lipinski definition) is 3. The van der Waals surface area contributed by atoms with E-state index in [0.717, 1.165) is 5.69 Å². The molecule has 3 N–H and O–H groups in total. The van der Waals surface area contributed by atoms with Crippen LogP contribution < -0.4 is 5.32 Å². The molecule has 0 saturated heterocycles. The third kappa shape index (κ3) is 3.54. The second-order valence-electron chi connectivity index (χ2n) is 6.56. The molecule has 7 nitrogen and oxygen atoms in total. The van der Waals surface area contributed by atoms with Crippen molar-refractivity contribution in [2.75, 3.05) is 11.9 Å². The van der Waals surface area contributed by atoms with Crippen LogP contribution in [0, 0.1) is 5.82 Å². The molecule has 3 aromatic rings. The van der Waals surface area contributed by atoms with E-state index in [4.69, 9.17) is 11.6 Å². The number of hydrogen-bond donors (Lipinski definition) is 3. The van der Waals surface area contributed by atoms with E-state index in [9.17, 15) is 19.1 Å². The van der Waals surface area contributed by atoms with Crippen molar-refractivity contribution < 1.29 is 19.1 Å². The quantitative estimate of drug-likeness (QED) is 0.601. The van der Waals surface area contributed by atoms with Crippen molar-refractivity contribution in [2.24, 2.45) is 0 Å². The van der Waals surface area contributed by atoms with Gasteiger partial charge in [0, 0.05) is 29.2 Å². The number of fused-ring (bicyclic) bond motifs is 1. The van der Waals surface area contributed by atoms with Gasteiger partial charge in [0.15, 0.2) is 0 Å². The summed E-state index contributed by atoms with van der Waals surface area (Å²) < 4.78 is 14.7. The van der Waals surface area contributed by atoms with Gasteiger partial charge in [0.25, 0.3) is 0 Å². The molecule has 1 aromatic heterocycles. The highest BCUT2D eigenvalue weighted by atomic mass is 35.5. The number of aromatic amines is 1. The molecular weight excluding hydrogens is 399 g/mol. The lowest BCUT2D eigenvalue weighted by Crippen LogP contribution is -2.43. The number of carbonyl (C=O) groups excluding carboxylic acids is 1. The number of nitrogens with one attached hydrogen (secondary N) is 2. The zero-order valence-corrected chi connectivity index (χ0v) is 15.8. The summed E-state index contributed by atoms with van der Waals surface area (Å²) in [5.41, 5.74) is 1.74. The fourth-order valence-corrected chi connectivity index (χ4v) is 3.66. The molecule has 1 aliphatic heterocycles. The molecule has 2 heterocycles. The average molecular weight is 415 g/mol. The first kappa shape index (κ1) is 18.9. The maximum atomic E-state index is 14.7. The number of carbonyl (C=O) groups is 2. The summed E-state index contributed by atoms with van der Waals surface area (Å²) in [4.78, 5) is 33.3. The van der Waals surface area contributed by atoms with Gasteiger partial charge in [0.05, 0.1) is 23.3 Å². The van der Waals surface area contributed by atoms with E-state index in [1.54, 1.807) is 18.2 Å². The molecule has 29 heavy (non-hydrogen) atoms. The van der Waals surface area contributed by atoms with Gasteiger partial charge in [0.1, 0.15) is 11.9 Å². The molecule has 1 aliphatic rings. The first-order valence-corrected chi connectivity index (χ1v) is 9.20. The largest absolute Gasteiger partial charge is 0.478 e. The molecule has 1 unspecified atom stereocenters. The molecule has 9 heteroatoms. The van der Waals surface area contributed by atoms with Crippen molar-refractivity contribution in [1.82, 2.24) is 14.9 Å². The van der Waals surface area contributed by atoms with E-state index in [2.05, 4.69) is 15.3 Å². The number of rotatable bonds is 3. The summed E-state index contributed by atoms with van der Waals surface area (Å²) >= 11 is 5.88. The van der Waals surface area contributed by atoms with Crippen molar-refractivity contribution >= 4 is 29.3 Å². The Hall–Kier alpha value is -3.39. The smallest absolute Gasteiger partial charge is 0.337 e. The number of halogens is 2. The monoisotopic (exact) mass is 414 g/mol. The molecule has 2 amide bonds. The molecule has 148 valence electrons. The van der Waals surface area contributed by atoms with Gasteiger partial charge < -0.3 is 20.3 Å². The van der Waals surface area contributed by atoms with Gasteiger partial charge in [-0.2, -0.15) is 0 Å². The van der Waals surface area contributed by atoms with Crippen molar-refractivity contribution in [2.45, 2.75) is 12.5 Å². The fraction of sp³-hybridized carbons (Fsp3) is 0.150. The Balaban J connectivity index is 1.72. The number of anilines is 1. The molecule has 1 atom stereocenters. The maximum absolute atomic E-state index is 14.7. The van der Waals surface area contributed by atoms with Gasteiger partial charge in [-0.05, 0) is 24.3 Å². The summed E-state index contributed by atoms with van der Waals surface area (Å²) in [7, 11) is 0. The minimum atomic E-state index is -1.16. The Morgan fingerprint density at radius 1 is 1.28 bits per heavy atom. The van der Waals surface area contributed by atoms with Crippen LogP contribution in [0.15, 0.2) is 48.8 Å². The minimum Gasteiger partial charge on any atom is -0.478 e. The Kier molecular flexibility index (Phi) is 4.94. The van der Waals surface area contributed by atoms with Crippen LogP contribution in [0.3, 0.4) is 0 Å². The molecular formula is C20H16ClFN4O3. The highest BCUT2D eigenvalue weighted by Crippen LogP contribution is 2.36. The van der Waals surface area contributed by atoms with Crippen molar-refractivity contribution in [3.63, 3.8) is 0 Å². The molecule has 0 bridgehead atoms. The third-order valence-corrected chi connectivity index (χ3v) is 5.08. The zero-order chi connectivity index (χ0) is 20.5. The van der Waals surface area contributed by atoms with Crippen molar-refractivity contribution in [3.05, 3.63) is 82.1 Å². The van der Waals surface area contributed by atoms with Crippen LogP contribution in [0.5, 0.6) is 0 Å². The average Bonchev–Trinajstić information content (AvgIpc) is 3.16. The van der Waals surface area contributed by atoms with Crippen LogP contribution in [0.2, 0.25) is 5.02 Å². The second-order valence-corrected chi connectivity index (χ2v) is 7.00. The molecule has 0 radical (unpaired) electrons. The van der Waals surface area contributed by atoms with Crippen LogP contribution in [0.4, 0.5) is 14.9 Å². The normalized spacial score (nSPS) is 15.7. The zero-order valence-electron chi connectivity index (χ0n) is 15.0. The van der Waals surface area contributed by atoms with E-state index in [0.29, 0.717) is 18.7 Å². The first-order valence-electron chi connectivity index (χ1n) is 8.82. The van der Waals surface area contributed by atoms with Crippen LogP contribution in [-0.4, -0.2) is 38.5 Å². The fourth-order valence-electron chi connectivity index (χ4n) is 3.50. The van der Waals surface area contributed by atoms with Crippen molar-refractivity contribution in [3.8, 4) is 0 Å². The highest BCUT2D eigenvalue weighted by molar-refractivity contribution is 6.30. The molecule has 0 saturated carbocycles. The van der Waals surface area contributed by atoms with Gasteiger partial charge in [-0.25, -0.2) is 19.0 Å². The number of aromatic carboxylic acids is 1. The van der Waals surface area contributed by atoms with Crippen molar-refractivity contribution in [1.29, 1.82) is 0 Å². The predicted octanol–water partition coefficient (Wildman–Crippen LogP) is 4.08. The van der Waals surface area contributed by atoms with Gasteiger partial charge in [0.2, 0.25) is 0 Å². The van der Waals surface area contributed by atoms with Crippen LogP contribution in [0.1, 0.15) is 33.4 Å². The number of nitrogens with zero attached hydrogens (tertiary/aromatic N) is 2. The summed E-state index contributed by atoms with van der Waals surface area (Å²) in [6.07, 6.45) is 2.02. The van der Waals surface area contributed by atoms with E-state index < -0.39 is 23.9 Å². The van der Waals surface area contributed by atoms with Crippen LogP contribution in [-0.2, 0) is 6.42 Å². The number of benzene rings is 2. The number of urea groups is 1. The Morgan fingerprint density at radius 3 is 2.83 bits per heavy atom. The Bertz CT molecular complexity index is 1100. The summed E-state index contributed by atoms with van der Waals surface area (Å²) in [6, 6.07) is 9.04. The molecule has 2 aromatic carbocycles. The topological polar surface area (TPSA) is 98.3 Å². The van der Waals surface area contributed by atoms with Gasteiger partial charge in [-0.15, -0.1) is 0 Å². The van der Waals surface area contributed by atoms with Gasteiger partial charge in [-0.1, -0.05) is 29.8 Å². The highest BCUT2D eigenvalue weighted by Gasteiger charge is 2.36. The maximum Gasteiger partial charge on any atom is 0.337 e. The third-order valence-electron chi connectivity index (χ3n) is 4.84. The number of aromatic nitrogens is 2. The number of imidazole rings is 1. The lowest BCUT2D eigenvalue weighted by atomic mass is 9.95. The Morgan fingerprint density at radius 2 is 2.07 bits per heavy atom. The van der Waals surface area contributed by atoms with E-state index in [-0.39, 0.29) is 21.8 Å². The predicted molar refractivity (Wildman–Crippen MR) is 105 cm³/mol. The SMILES string of the molecule is O=C(O)c1ccccc1NC(=O)N1CCc2[nH]cnc2C1c1ccc(Cl)cc1F. The molecule has 0 spiro atoms. The van der Waals surface area contributed by atoms with Gasteiger partial charge >= 0.3 is 12.0 Å². The number of carboxylic acids is 1. The summed E-state index contributed by atoms with van der Waals surface area (Å²) in [5, 5.41) is 12.2. The summed E-state index contributed by atoms with van der Waals surface area (Å²) in [5.74, 6) is -1.71. The minimum absolute atomic E-state index is 0.0347. The molecule has 4 rings (SSSR count). The van der Waals surface area contributed by atoms with Crippen LogP contribution in [0.25, 0.3) is 0 Å². The van der Waals surface area contributed by atoms with E-state index in [1.165, 1.54) is 35.5 Å². The molecule has 0 aliphatic carbocycles. The number of carboxylic acid groups (broad SMARTS) is 1. The molecule has 0 fully saturated rings. The van der Waals surface area contributed by atoms with E-state index >= 15 is 0 Å². The van der Waals surface area contributed by atoms with Gasteiger partial charge in [-0.3, -0.25) is 0 Å². The second kappa shape index (κ2) is 7.56. The Labute approximate surface area is 170 Å². The number of H-pyrrole nitrogens is 1. The van der Waals surface area contributed by atoms with E-state index in [1.807, 2.05) is 0 Å². The summed E-state index contributed by atoms with van der Waals surface area (Å²) in [6.45, 7) is 0.295. The van der Waals surface area contributed by atoms with Crippen LogP contribution >= 0.6 is 11.6 Å². The standard InChI is InChI=1S/C20H16ClFN4O3/c21-11-5-6-12(14(22)9-11)18-17-16(23-10-24-17)7-8-26(18)20(29)25-15-4-2-1-3-13(15)19(27)28/h1-6,9-10,18H,7-8H2,(H,23,24)(H,25,29)(H,27,28). The lowest BCUT2D eigenvalue weighted by molar-refractivity contribution is 0.0698. The number of para-hydroxylation sites is 1. The first-order chi connectivity index (χ1) is 14.0. The lowest BCUT2D eigenvalue weighted by Gasteiger charge is -2.35.